The molecule has 2 aromatic rings. The van der Waals surface area contributed by atoms with Gasteiger partial charge in [-0.1, -0.05) is 18.2 Å². The topological polar surface area (TPSA) is 81.0 Å². The zero-order valence-electron chi connectivity index (χ0n) is 14.3. The van der Waals surface area contributed by atoms with Crippen molar-refractivity contribution in [3.05, 3.63) is 59.7 Å². The molecule has 0 bridgehead atoms. The van der Waals surface area contributed by atoms with Crippen LogP contribution in [0.1, 0.15) is 30.1 Å². The third-order valence-corrected chi connectivity index (χ3v) is 4.44. The monoisotopic (exact) mass is 353 g/mol. The predicted molar refractivity (Wildman–Crippen MR) is 95.9 cm³/mol. The Morgan fingerprint density at radius 2 is 2.04 bits per heavy atom. The van der Waals surface area contributed by atoms with Gasteiger partial charge < -0.3 is 10.6 Å². The largest absolute Gasteiger partial charge is 0.336 e. The summed E-state index contributed by atoms with van der Waals surface area (Å²) in [4.78, 5) is 18.3. The van der Waals surface area contributed by atoms with Crippen LogP contribution in [0.4, 0.5) is 14.9 Å². The molecule has 134 valence electrons. The van der Waals surface area contributed by atoms with E-state index in [0.717, 1.165) is 25.9 Å². The van der Waals surface area contributed by atoms with Crippen molar-refractivity contribution in [2.75, 3.05) is 25.0 Å². The van der Waals surface area contributed by atoms with E-state index in [1.165, 1.54) is 18.3 Å². The van der Waals surface area contributed by atoms with Crippen LogP contribution in [0.3, 0.4) is 0 Å². The number of hydrogen-bond acceptors (Lipinski definition) is 4. The van der Waals surface area contributed by atoms with Gasteiger partial charge in [0.1, 0.15) is 17.6 Å². The minimum absolute atomic E-state index is 0.205. The van der Waals surface area contributed by atoms with Crippen LogP contribution in [-0.2, 0) is 0 Å². The first-order chi connectivity index (χ1) is 12.7. The van der Waals surface area contributed by atoms with Gasteiger partial charge in [-0.05, 0) is 44.1 Å². The molecule has 3 rings (SSSR count). The molecule has 0 spiro atoms. The highest BCUT2D eigenvalue weighted by molar-refractivity contribution is 5.89. The van der Waals surface area contributed by atoms with Crippen LogP contribution in [0.5, 0.6) is 0 Å². The summed E-state index contributed by atoms with van der Waals surface area (Å²) in [6, 6.07) is 11.2. The van der Waals surface area contributed by atoms with Crippen molar-refractivity contribution in [3.8, 4) is 6.07 Å². The molecule has 1 fully saturated rings. The fraction of sp³-hybridized carbons (Fsp3) is 0.316. The number of carbonyl (C=O) groups excluding carboxylic acids is 1. The van der Waals surface area contributed by atoms with E-state index in [2.05, 4.69) is 20.5 Å². The molecule has 1 saturated heterocycles. The van der Waals surface area contributed by atoms with E-state index in [1.807, 2.05) is 12.1 Å². The number of likely N-dealkylation sites (tertiary alicyclic amines) is 1. The average Bonchev–Trinajstić information content (AvgIpc) is 3.18. The van der Waals surface area contributed by atoms with Crippen molar-refractivity contribution in [1.29, 1.82) is 5.26 Å². The fourth-order valence-electron chi connectivity index (χ4n) is 3.13. The number of nitrogens with one attached hydrogen (secondary N) is 2. The second kappa shape index (κ2) is 8.41. The minimum atomic E-state index is -0.392. The van der Waals surface area contributed by atoms with E-state index in [9.17, 15) is 9.18 Å². The summed E-state index contributed by atoms with van der Waals surface area (Å²) in [6.07, 6.45) is 3.58. The number of carbonyl (C=O) groups is 1. The Labute approximate surface area is 151 Å². The molecule has 0 unspecified atom stereocenters. The number of urea groups is 1. The average molecular weight is 353 g/mol. The van der Waals surface area contributed by atoms with Gasteiger partial charge in [-0.15, -0.1) is 0 Å². The number of anilines is 1. The van der Waals surface area contributed by atoms with Crippen molar-refractivity contribution in [2.24, 2.45) is 0 Å². The lowest BCUT2D eigenvalue weighted by Crippen LogP contribution is -2.39. The fourth-order valence-corrected chi connectivity index (χ4v) is 3.13. The summed E-state index contributed by atoms with van der Waals surface area (Å²) in [5.41, 5.74) is 1.37. The standard InChI is InChI=1S/C19H20FN5O/c20-17-6-2-1-5-16(17)18(25-9-3-4-10-25)13-23-19(26)24-15-8-7-14(11-21)22-12-15/h1-2,5-8,12,18H,3-4,9-10,13H2,(H2,23,24,26)/t18-/m0/s1. The molecule has 1 atom stereocenters. The molecule has 2 amide bonds. The molecule has 1 aromatic carbocycles. The molecular weight excluding hydrogens is 333 g/mol. The van der Waals surface area contributed by atoms with Crippen LogP contribution in [-0.4, -0.2) is 35.5 Å². The SMILES string of the molecule is N#Cc1ccc(NC(=O)NC[C@@H](c2ccccc2F)N2CCCC2)cn1. The maximum absolute atomic E-state index is 14.2. The van der Waals surface area contributed by atoms with Crippen LogP contribution in [0.25, 0.3) is 0 Å². The molecule has 2 N–H and O–H groups in total. The normalized spacial score (nSPS) is 15.2. The molecule has 0 saturated carbocycles. The highest BCUT2D eigenvalue weighted by Gasteiger charge is 2.26. The molecule has 0 aliphatic carbocycles. The Kier molecular flexibility index (Phi) is 5.77. The smallest absolute Gasteiger partial charge is 0.319 e. The number of nitriles is 1. The molecule has 26 heavy (non-hydrogen) atoms. The van der Waals surface area contributed by atoms with Crippen molar-refractivity contribution in [2.45, 2.75) is 18.9 Å². The summed E-state index contributed by atoms with van der Waals surface area (Å²) < 4.78 is 14.2. The van der Waals surface area contributed by atoms with Crippen molar-refractivity contribution in [3.63, 3.8) is 0 Å². The van der Waals surface area contributed by atoms with Crippen LogP contribution in [0.2, 0.25) is 0 Å². The number of benzene rings is 1. The lowest BCUT2D eigenvalue weighted by molar-refractivity contribution is 0.224. The number of pyridine rings is 1. The van der Waals surface area contributed by atoms with E-state index in [0.29, 0.717) is 17.8 Å². The zero-order valence-corrected chi connectivity index (χ0v) is 14.3. The lowest BCUT2D eigenvalue weighted by atomic mass is 10.0. The number of nitrogens with zero attached hydrogens (tertiary/aromatic N) is 3. The highest BCUT2D eigenvalue weighted by Crippen LogP contribution is 2.26. The Morgan fingerprint density at radius 1 is 1.27 bits per heavy atom. The molecule has 1 aromatic heterocycles. The highest BCUT2D eigenvalue weighted by atomic mass is 19.1. The van der Waals surface area contributed by atoms with Crippen molar-refractivity contribution >= 4 is 11.7 Å². The first kappa shape index (κ1) is 17.8. The summed E-state index contributed by atoms with van der Waals surface area (Å²) in [6.45, 7) is 2.08. The molecule has 0 radical (unpaired) electrons. The second-order valence-corrected chi connectivity index (χ2v) is 6.16. The van der Waals surface area contributed by atoms with E-state index in [4.69, 9.17) is 5.26 Å². The Bertz CT molecular complexity index is 796. The van der Waals surface area contributed by atoms with Crippen LogP contribution in [0.15, 0.2) is 42.6 Å². The van der Waals surface area contributed by atoms with Gasteiger partial charge in [0.25, 0.3) is 0 Å². The molecular formula is C19H20FN5O. The van der Waals surface area contributed by atoms with Crippen LogP contribution in [0, 0.1) is 17.1 Å². The van der Waals surface area contributed by atoms with Gasteiger partial charge in [0.15, 0.2) is 0 Å². The minimum Gasteiger partial charge on any atom is -0.336 e. The van der Waals surface area contributed by atoms with E-state index < -0.39 is 6.03 Å². The molecule has 1 aliphatic rings. The predicted octanol–water partition coefficient (Wildman–Crippen LogP) is 3.05. The van der Waals surface area contributed by atoms with Gasteiger partial charge in [0.2, 0.25) is 0 Å². The maximum Gasteiger partial charge on any atom is 0.319 e. The first-order valence-corrected chi connectivity index (χ1v) is 8.57. The molecule has 1 aliphatic heterocycles. The summed E-state index contributed by atoms with van der Waals surface area (Å²) in [5, 5.41) is 14.2. The number of rotatable bonds is 5. The zero-order chi connectivity index (χ0) is 18.4. The van der Waals surface area contributed by atoms with E-state index >= 15 is 0 Å². The van der Waals surface area contributed by atoms with Gasteiger partial charge in [-0.3, -0.25) is 4.90 Å². The van der Waals surface area contributed by atoms with Gasteiger partial charge in [-0.2, -0.15) is 5.26 Å². The van der Waals surface area contributed by atoms with Crippen molar-refractivity contribution in [1.82, 2.24) is 15.2 Å². The summed E-state index contributed by atoms with van der Waals surface area (Å²) in [5.74, 6) is -0.261. The quantitative estimate of drug-likeness (QED) is 0.866. The molecule has 7 heteroatoms. The third-order valence-electron chi connectivity index (χ3n) is 4.44. The maximum atomic E-state index is 14.2. The van der Waals surface area contributed by atoms with Gasteiger partial charge in [0, 0.05) is 12.1 Å². The van der Waals surface area contributed by atoms with E-state index in [-0.39, 0.29) is 17.6 Å². The van der Waals surface area contributed by atoms with Gasteiger partial charge in [0.05, 0.1) is 17.9 Å². The Hall–Kier alpha value is -2.98. The summed E-state index contributed by atoms with van der Waals surface area (Å²) in [7, 11) is 0. The van der Waals surface area contributed by atoms with Gasteiger partial charge in [-0.25, -0.2) is 14.2 Å². The first-order valence-electron chi connectivity index (χ1n) is 8.57. The van der Waals surface area contributed by atoms with E-state index in [1.54, 1.807) is 18.2 Å². The molecule has 6 nitrogen and oxygen atoms in total. The second-order valence-electron chi connectivity index (χ2n) is 6.16. The number of amides is 2. The van der Waals surface area contributed by atoms with Crippen LogP contribution >= 0.6 is 0 Å². The number of aromatic nitrogens is 1. The number of hydrogen-bond donors (Lipinski definition) is 2. The lowest BCUT2D eigenvalue weighted by Gasteiger charge is -2.28. The van der Waals surface area contributed by atoms with Crippen LogP contribution < -0.4 is 10.6 Å². The third kappa shape index (κ3) is 4.35. The Morgan fingerprint density at radius 3 is 2.69 bits per heavy atom. The summed E-state index contributed by atoms with van der Waals surface area (Å²) >= 11 is 0. The number of halogens is 1. The van der Waals surface area contributed by atoms with Gasteiger partial charge >= 0.3 is 6.03 Å². The van der Waals surface area contributed by atoms with Crippen molar-refractivity contribution < 1.29 is 9.18 Å². The molecule has 2 heterocycles. The Balaban J connectivity index is 1.64.